The van der Waals surface area contributed by atoms with Crippen molar-refractivity contribution < 1.29 is 27.4 Å². The van der Waals surface area contributed by atoms with Crippen molar-refractivity contribution in [2.24, 2.45) is 0 Å². The molecule has 1 amide bonds. The Balaban J connectivity index is 1.49. The summed E-state index contributed by atoms with van der Waals surface area (Å²) in [4.78, 5) is 13.3. The van der Waals surface area contributed by atoms with E-state index in [0.29, 0.717) is 24.7 Å². The molecule has 8 nitrogen and oxygen atoms in total. The van der Waals surface area contributed by atoms with E-state index in [9.17, 15) is 13.2 Å². The largest absolute Gasteiger partial charge is 0.495 e. The lowest BCUT2D eigenvalue weighted by Crippen LogP contribution is -2.40. The number of benzene rings is 3. The van der Waals surface area contributed by atoms with Crippen molar-refractivity contribution in [1.29, 1.82) is 0 Å². The molecule has 0 saturated carbocycles. The molecule has 34 heavy (non-hydrogen) atoms. The molecule has 1 saturated heterocycles. The molecule has 176 valence electrons. The van der Waals surface area contributed by atoms with Crippen molar-refractivity contribution in [3.63, 3.8) is 0 Å². The van der Waals surface area contributed by atoms with E-state index in [2.05, 4.69) is 5.32 Å². The molecule has 0 spiro atoms. The molecule has 2 aliphatic rings. The van der Waals surface area contributed by atoms with Crippen LogP contribution in [0.15, 0.2) is 71.6 Å². The molecule has 9 heteroatoms. The van der Waals surface area contributed by atoms with E-state index in [0.717, 1.165) is 11.1 Å². The molecule has 3 aromatic rings. The smallest absolute Gasteiger partial charge is 0.252 e. The van der Waals surface area contributed by atoms with Crippen LogP contribution < -0.4 is 14.8 Å². The number of ether oxygens (including phenoxy) is 3. The summed E-state index contributed by atoms with van der Waals surface area (Å²) in [5.41, 5.74) is 1.86. The fourth-order valence-electron chi connectivity index (χ4n) is 4.23. The van der Waals surface area contributed by atoms with Crippen LogP contribution in [0.4, 0.5) is 0 Å². The number of hydrogen-bond donors (Lipinski definition) is 1. The molecular formula is C25H24N2O6S. The zero-order valence-corrected chi connectivity index (χ0v) is 19.4. The Bertz CT molecular complexity index is 1290. The van der Waals surface area contributed by atoms with Crippen LogP contribution in [0.25, 0.3) is 0 Å². The summed E-state index contributed by atoms with van der Waals surface area (Å²) in [6.45, 7) is 1.14. The van der Waals surface area contributed by atoms with Gasteiger partial charge < -0.3 is 19.5 Å². The van der Waals surface area contributed by atoms with Crippen molar-refractivity contribution in [3.05, 3.63) is 83.4 Å². The monoisotopic (exact) mass is 480 g/mol. The third kappa shape index (κ3) is 4.02. The molecule has 2 aliphatic heterocycles. The fraction of sp³-hybridized carbons (Fsp3) is 0.240. The van der Waals surface area contributed by atoms with Gasteiger partial charge in [0.05, 0.1) is 26.4 Å². The van der Waals surface area contributed by atoms with Crippen LogP contribution in [0.1, 0.15) is 27.5 Å². The molecule has 0 aromatic heterocycles. The topological polar surface area (TPSA) is 94.2 Å². The van der Waals surface area contributed by atoms with Crippen molar-refractivity contribution in [1.82, 2.24) is 9.62 Å². The summed E-state index contributed by atoms with van der Waals surface area (Å²) in [5, 5.41) is 3.06. The van der Waals surface area contributed by atoms with Crippen LogP contribution in [0.3, 0.4) is 0 Å². The maximum absolute atomic E-state index is 13.4. The Labute approximate surface area is 198 Å². The average molecular weight is 481 g/mol. The molecule has 5 rings (SSSR count). The predicted octanol–water partition coefficient (Wildman–Crippen LogP) is 3.34. The minimum atomic E-state index is -3.86. The average Bonchev–Trinajstić information content (AvgIpc) is 2.88. The maximum atomic E-state index is 13.4. The molecular weight excluding hydrogens is 456 g/mol. The van der Waals surface area contributed by atoms with E-state index in [1.54, 1.807) is 6.07 Å². The number of sulfonamides is 1. The van der Waals surface area contributed by atoms with E-state index in [1.807, 2.05) is 48.5 Å². The summed E-state index contributed by atoms with van der Waals surface area (Å²) in [7, 11) is -2.46. The number of hydrogen-bond acceptors (Lipinski definition) is 6. The van der Waals surface area contributed by atoms with Gasteiger partial charge in [-0.05, 0) is 30.3 Å². The second kappa shape index (κ2) is 9.09. The minimum Gasteiger partial charge on any atom is -0.495 e. The number of methoxy groups -OCH3 is 1. The van der Waals surface area contributed by atoms with Crippen LogP contribution in [-0.2, 0) is 14.8 Å². The normalized spacial score (nSPS) is 16.1. The molecule has 0 radical (unpaired) electrons. The molecule has 0 atom stereocenters. The number of para-hydroxylation sites is 2. The number of fused-ring (bicyclic) bond motifs is 2. The van der Waals surface area contributed by atoms with Crippen LogP contribution in [-0.4, -0.2) is 52.0 Å². The molecule has 0 unspecified atom stereocenters. The van der Waals surface area contributed by atoms with Crippen molar-refractivity contribution in [2.75, 3.05) is 33.4 Å². The van der Waals surface area contributed by atoms with Gasteiger partial charge in [-0.15, -0.1) is 0 Å². The molecule has 3 aromatic carbocycles. The quantitative estimate of drug-likeness (QED) is 0.602. The highest BCUT2D eigenvalue weighted by molar-refractivity contribution is 7.89. The highest BCUT2D eigenvalue weighted by Crippen LogP contribution is 2.42. The van der Waals surface area contributed by atoms with Gasteiger partial charge >= 0.3 is 0 Å². The number of morpholine rings is 1. The Hall–Kier alpha value is -3.40. The van der Waals surface area contributed by atoms with Crippen molar-refractivity contribution in [2.45, 2.75) is 10.9 Å². The van der Waals surface area contributed by atoms with Gasteiger partial charge in [-0.1, -0.05) is 36.4 Å². The summed E-state index contributed by atoms with van der Waals surface area (Å²) < 4.78 is 44.5. The lowest BCUT2D eigenvalue weighted by Gasteiger charge is -2.29. The number of nitrogens with one attached hydrogen (secondary N) is 1. The van der Waals surface area contributed by atoms with Crippen LogP contribution in [0.5, 0.6) is 17.2 Å². The number of nitrogens with zero attached hydrogens (tertiary/aromatic N) is 1. The third-order valence-electron chi connectivity index (χ3n) is 5.97. The van der Waals surface area contributed by atoms with E-state index in [4.69, 9.17) is 14.2 Å². The Morgan fingerprint density at radius 2 is 1.59 bits per heavy atom. The van der Waals surface area contributed by atoms with Gasteiger partial charge in [-0.3, -0.25) is 4.79 Å². The standard InChI is InChI=1S/C25H24N2O6S/c1-31-22-11-10-17(16-23(22)34(29,30)27-12-14-32-15-13-27)25(28)26-24-18-6-2-4-8-20(18)33-21-9-5-3-7-19(21)24/h2-11,16,24H,12-15H2,1H3,(H,26,28). The molecule has 2 heterocycles. The third-order valence-corrected chi connectivity index (χ3v) is 7.89. The van der Waals surface area contributed by atoms with E-state index < -0.39 is 22.0 Å². The second-order valence-corrected chi connectivity index (χ2v) is 9.87. The van der Waals surface area contributed by atoms with Gasteiger partial charge in [0.1, 0.15) is 22.1 Å². The Morgan fingerprint density at radius 1 is 0.971 bits per heavy atom. The van der Waals surface area contributed by atoms with Crippen LogP contribution in [0.2, 0.25) is 0 Å². The summed E-state index contributed by atoms with van der Waals surface area (Å²) in [6, 6.07) is 19.0. The molecule has 0 bridgehead atoms. The lowest BCUT2D eigenvalue weighted by molar-refractivity contribution is 0.0729. The first-order chi connectivity index (χ1) is 16.5. The number of carbonyl (C=O) groups is 1. The summed E-state index contributed by atoms with van der Waals surface area (Å²) >= 11 is 0. The van der Waals surface area contributed by atoms with Crippen molar-refractivity contribution >= 4 is 15.9 Å². The Kier molecular flexibility index (Phi) is 5.99. The first-order valence-corrected chi connectivity index (χ1v) is 12.4. The number of amides is 1. The minimum absolute atomic E-state index is 0.0441. The zero-order chi connectivity index (χ0) is 23.7. The summed E-state index contributed by atoms with van der Waals surface area (Å²) in [6.07, 6.45) is 0. The van der Waals surface area contributed by atoms with E-state index >= 15 is 0 Å². The van der Waals surface area contributed by atoms with E-state index in [1.165, 1.54) is 23.5 Å². The van der Waals surface area contributed by atoms with Gasteiger partial charge in [0.25, 0.3) is 5.91 Å². The SMILES string of the molecule is COc1ccc(C(=O)NC2c3ccccc3Oc3ccccc32)cc1S(=O)(=O)N1CCOCC1. The fourth-order valence-corrected chi connectivity index (χ4v) is 5.81. The highest BCUT2D eigenvalue weighted by atomic mass is 32.2. The number of rotatable bonds is 5. The van der Waals surface area contributed by atoms with Crippen LogP contribution in [0, 0.1) is 0 Å². The lowest BCUT2D eigenvalue weighted by atomic mass is 9.94. The first kappa shape index (κ1) is 22.4. The zero-order valence-electron chi connectivity index (χ0n) is 18.6. The van der Waals surface area contributed by atoms with Gasteiger partial charge in [0.2, 0.25) is 10.0 Å². The molecule has 0 aliphatic carbocycles. The van der Waals surface area contributed by atoms with Gasteiger partial charge in [0.15, 0.2) is 0 Å². The molecule has 1 fully saturated rings. The van der Waals surface area contributed by atoms with Gasteiger partial charge in [-0.2, -0.15) is 4.31 Å². The maximum Gasteiger partial charge on any atom is 0.252 e. The molecule has 1 N–H and O–H groups in total. The van der Waals surface area contributed by atoms with Gasteiger partial charge in [-0.25, -0.2) is 8.42 Å². The first-order valence-electron chi connectivity index (χ1n) is 10.9. The Morgan fingerprint density at radius 3 is 2.21 bits per heavy atom. The second-order valence-electron chi connectivity index (χ2n) is 7.97. The highest BCUT2D eigenvalue weighted by Gasteiger charge is 2.32. The number of carbonyl (C=O) groups excluding carboxylic acids is 1. The summed E-state index contributed by atoms with van der Waals surface area (Å²) in [5.74, 6) is 1.11. The van der Waals surface area contributed by atoms with Gasteiger partial charge in [0, 0.05) is 29.8 Å². The van der Waals surface area contributed by atoms with E-state index in [-0.39, 0.29) is 29.3 Å². The predicted molar refractivity (Wildman–Crippen MR) is 125 cm³/mol. The van der Waals surface area contributed by atoms with Crippen LogP contribution >= 0.6 is 0 Å². The van der Waals surface area contributed by atoms with Crippen molar-refractivity contribution in [3.8, 4) is 17.2 Å².